The molecule has 0 unspecified atom stereocenters. The van der Waals surface area contributed by atoms with Gasteiger partial charge in [0, 0.05) is 22.2 Å². The van der Waals surface area contributed by atoms with E-state index in [4.69, 9.17) is 0 Å². The molecule has 88 valence electrons. The first kappa shape index (κ1) is 11.2. The Bertz CT molecular complexity index is 630. The van der Waals surface area contributed by atoms with Crippen LogP contribution in [0.4, 0.5) is 5.69 Å². The standard InChI is InChI=1S/C15H12N2S/c18-12-6-7-14-13(10-12)15(17-9-8-16-14)11-4-2-1-3-5-11/h1-8,10,18H,9H2. The molecule has 0 spiro atoms. The third kappa shape index (κ3) is 2.09. The minimum absolute atomic E-state index is 0.612. The van der Waals surface area contributed by atoms with Crippen molar-refractivity contribution in [3.05, 3.63) is 59.7 Å². The quantitative estimate of drug-likeness (QED) is 0.751. The van der Waals surface area contributed by atoms with Crippen molar-refractivity contribution in [1.29, 1.82) is 0 Å². The van der Waals surface area contributed by atoms with E-state index in [0.717, 1.165) is 27.4 Å². The summed E-state index contributed by atoms with van der Waals surface area (Å²) in [6, 6.07) is 16.1. The average Bonchev–Trinajstić information content (AvgIpc) is 2.61. The molecule has 2 aromatic rings. The van der Waals surface area contributed by atoms with Crippen LogP contribution in [-0.4, -0.2) is 18.5 Å². The third-order valence-corrected chi connectivity index (χ3v) is 3.12. The second-order valence-electron chi connectivity index (χ2n) is 4.07. The fourth-order valence-electron chi connectivity index (χ4n) is 2.03. The van der Waals surface area contributed by atoms with Crippen molar-refractivity contribution < 1.29 is 0 Å². The highest BCUT2D eigenvalue weighted by molar-refractivity contribution is 7.80. The minimum atomic E-state index is 0.612. The van der Waals surface area contributed by atoms with E-state index in [0.29, 0.717) is 6.54 Å². The Balaban J connectivity index is 2.19. The molecule has 2 aromatic carbocycles. The summed E-state index contributed by atoms with van der Waals surface area (Å²) in [4.78, 5) is 9.96. The van der Waals surface area contributed by atoms with Crippen molar-refractivity contribution in [2.24, 2.45) is 9.98 Å². The predicted octanol–water partition coefficient (Wildman–Crippen LogP) is 3.53. The average molecular weight is 252 g/mol. The summed E-state index contributed by atoms with van der Waals surface area (Å²) in [5.74, 6) is 0. The molecule has 3 heteroatoms. The number of fused-ring (bicyclic) bond motifs is 1. The van der Waals surface area contributed by atoms with Crippen LogP contribution in [0.3, 0.4) is 0 Å². The zero-order valence-electron chi connectivity index (χ0n) is 9.74. The molecule has 0 saturated heterocycles. The lowest BCUT2D eigenvalue weighted by Gasteiger charge is -2.09. The van der Waals surface area contributed by atoms with Gasteiger partial charge in [0.25, 0.3) is 0 Å². The first-order chi connectivity index (χ1) is 8.84. The normalized spacial score (nSPS) is 13.7. The van der Waals surface area contributed by atoms with Crippen molar-refractivity contribution in [2.75, 3.05) is 6.54 Å². The maximum Gasteiger partial charge on any atom is 0.0750 e. The topological polar surface area (TPSA) is 24.7 Å². The molecule has 0 radical (unpaired) electrons. The molecule has 0 fully saturated rings. The second kappa shape index (κ2) is 4.78. The van der Waals surface area contributed by atoms with Gasteiger partial charge >= 0.3 is 0 Å². The van der Waals surface area contributed by atoms with Crippen molar-refractivity contribution in [3.63, 3.8) is 0 Å². The maximum atomic E-state index is 4.61. The molecule has 3 rings (SSSR count). The highest BCUT2D eigenvalue weighted by atomic mass is 32.1. The number of hydrogen-bond acceptors (Lipinski definition) is 3. The van der Waals surface area contributed by atoms with E-state index in [-0.39, 0.29) is 0 Å². The number of hydrogen-bond donors (Lipinski definition) is 1. The second-order valence-corrected chi connectivity index (χ2v) is 4.58. The van der Waals surface area contributed by atoms with Gasteiger partial charge in [-0.25, -0.2) is 0 Å². The molecular weight excluding hydrogens is 240 g/mol. The van der Waals surface area contributed by atoms with Gasteiger partial charge in [-0.15, -0.1) is 12.6 Å². The van der Waals surface area contributed by atoms with Gasteiger partial charge in [-0.1, -0.05) is 30.3 Å². The Morgan fingerprint density at radius 3 is 2.67 bits per heavy atom. The van der Waals surface area contributed by atoms with Crippen LogP contribution in [0, 0.1) is 0 Å². The van der Waals surface area contributed by atoms with Gasteiger partial charge in [0.2, 0.25) is 0 Å². The molecule has 0 aliphatic carbocycles. The molecule has 0 saturated carbocycles. The van der Waals surface area contributed by atoms with Crippen LogP contribution in [0.1, 0.15) is 11.1 Å². The molecule has 2 nitrogen and oxygen atoms in total. The van der Waals surface area contributed by atoms with Crippen LogP contribution >= 0.6 is 12.6 Å². The molecule has 18 heavy (non-hydrogen) atoms. The van der Waals surface area contributed by atoms with Crippen molar-refractivity contribution in [2.45, 2.75) is 4.90 Å². The first-order valence-corrected chi connectivity index (χ1v) is 6.25. The molecular formula is C15H12N2S. The fourth-order valence-corrected chi connectivity index (χ4v) is 2.23. The van der Waals surface area contributed by atoms with Crippen LogP contribution in [0.2, 0.25) is 0 Å². The number of thiol groups is 1. The third-order valence-electron chi connectivity index (χ3n) is 2.84. The van der Waals surface area contributed by atoms with Crippen molar-refractivity contribution >= 4 is 30.2 Å². The molecule has 0 atom stereocenters. The zero-order chi connectivity index (χ0) is 12.4. The summed E-state index contributed by atoms with van der Waals surface area (Å²) in [6.07, 6.45) is 1.84. The Morgan fingerprint density at radius 2 is 1.83 bits per heavy atom. The first-order valence-electron chi connectivity index (χ1n) is 5.80. The summed E-state index contributed by atoms with van der Waals surface area (Å²) >= 11 is 4.40. The lowest BCUT2D eigenvalue weighted by molar-refractivity contribution is 1.32. The Kier molecular flexibility index (Phi) is 2.99. The van der Waals surface area contributed by atoms with E-state index < -0.39 is 0 Å². The number of rotatable bonds is 1. The summed E-state index contributed by atoms with van der Waals surface area (Å²) in [6.45, 7) is 0.612. The van der Waals surface area contributed by atoms with Crippen LogP contribution < -0.4 is 0 Å². The number of benzene rings is 2. The smallest absolute Gasteiger partial charge is 0.0750 e. The Labute approximate surface area is 112 Å². The number of nitrogens with zero attached hydrogens (tertiary/aromatic N) is 2. The van der Waals surface area contributed by atoms with Crippen molar-refractivity contribution in [3.8, 4) is 0 Å². The number of aliphatic imine (C=N–C) groups is 2. The highest BCUT2D eigenvalue weighted by Crippen LogP contribution is 2.26. The van der Waals surface area contributed by atoms with Crippen LogP contribution in [0.15, 0.2) is 63.4 Å². The Morgan fingerprint density at radius 1 is 1.00 bits per heavy atom. The van der Waals surface area contributed by atoms with Gasteiger partial charge in [-0.3, -0.25) is 9.98 Å². The van der Waals surface area contributed by atoms with Gasteiger partial charge in [-0.2, -0.15) is 0 Å². The Hall–Kier alpha value is -1.87. The van der Waals surface area contributed by atoms with Crippen LogP contribution in [0.5, 0.6) is 0 Å². The molecule has 1 heterocycles. The highest BCUT2D eigenvalue weighted by Gasteiger charge is 2.13. The van der Waals surface area contributed by atoms with Gasteiger partial charge in [0.1, 0.15) is 0 Å². The fraction of sp³-hybridized carbons (Fsp3) is 0.0667. The van der Waals surface area contributed by atoms with E-state index in [1.807, 2.05) is 42.6 Å². The molecule has 1 aliphatic rings. The van der Waals surface area contributed by atoms with Gasteiger partial charge in [0.05, 0.1) is 17.9 Å². The molecule has 1 aliphatic heterocycles. The predicted molar refractivity (Wildman–Crippen MR) is 78.8 cm³/mol. The molecule has 0 aromatic heterocycles. The molecule has 0 N–H and O–H groups in total. The molecule has 0 amide bonds. The van der Waals surface area contributed by atoms with E-state index >= 15 is 0 Å². The van der Waals surface area contributed by atoms with E-state index in [2.05, 4.69) is 34.7 Å². The van der Waals surface area contributed by atoms with Crippen molar-refractivity contribution in [1.82, 2.24) is 0 Å². The van der Waals surface area contributed by atoms with E-state index in [1.54, 1.807) is 0 Å². The summed E-state index contributed by atoms with van der Waals surface area (Å²) < 4.78 is 0. The summed E-state index contributed by atoms with van der Waals surface area (Å²) in [7, 11) is 0. The van der Waals surface area contributed by atoms with E-state index in [9.17, 15) is 0 Å². The van der Waals surface area contributed by atoms with Gasteiger partial charge < -0.3 is 0 Å². The summed E-state index contributed by atoms with van der Waals surface area (Å²) in [5, 5.41) is 0. The van der Waals surface area contributed by atoms with Crippen LogP contribution in [0.25, 0.3) is 0 Å². The minimum Gasteiger partial charge on any atom is -0.278 e. The van der Waals surface area contributed by atoms with E-state index in [1.165, 1.54) is 0 Å². The summed E-state index contributed by atoms with van der Waals surface area (Å²) in [5.41, 5.74) is 4.09. The lowest BCUT2D eigenvalue weighted by Crippen LogP contribution is -2.03. The zero-order valence-corrected chi connectivity index (χ0v) is 10.6. The monoisotopic (exact) mass is 252 g/mol. The largest absolute Gasteiger partial charge is 0.278 e. The van der Waals surface area contributed by atoms with Crippen LogP contribution in [-0.2, 0) is 0 Å². The molecule has 0 bridgehead atoms. The SMILES string of the molecule is Sc1ccc2c(c1)C(c1ccccc1)=NCC=N2. The lowest BCUT2D eigenvalue weighted by atomic mass is 10.0. The van der Waals surface area contributed by atoms with Gasteiger partial charge in [-0.05, 0) is 18.2 Å². The van der Waals surface area contributed by atoms with Gasteiger partial charge in [0.15, 0.2) is 0 Å². The maximum absolute atomic E-state index is 4.61.